The Balaban J connectivity index is 1.09. The van der Waals surface area contributed by atoms with Crippen LogP contribution in [0.15, 0.2) is 168 Å². The number of hydrogen-bond acceptors (Lipinski definition) is 5. The minimum absolute atomic E-state index is 0.629. The monoisotopic (exact) mass is 705 g/mol. The van der Waals surface area contributed by atoms with Crippen LogP contribution in [-0.4, -0.2) is 15.0 Å². The van der Waals surface area contributed by atoms with Gasteiger partial charge in [-0.1, -0.05) is 127 Å². The molecule has 0 fully saturated rings. The SMILES string of the molecule is c1ccc(-c2nc(-c3cccc(-c4cc5ccc6cccc7ccc(c4)c5c67)c3)nc(-c3cc4c5ccccc5oc4c4c3sc3ccccc34)n2)cc1. The molecule has 0 bridgehead atoms. The number of aromatic nitrogens is 3. The minimum atomic E-state index is 0.629. The van der Waals surface area contributed by atoms with Crippen molar-refractivity contribution in [3.8, 4) is 45.3 Å². The van der Waals surface area contributed by atoms with Gasteiger partial charge in [0.1, 0.15) is 11.2 Å². The zero-order valence-corrected chi connectivity index (χ0v) is 29.6. The van der Waals surface area contributed by atoms with Crippen molar-refractivity contribution in [3.63, 3.8) is 0 Å². The van der Waals surface area contributed by atoms with Crippen LogP contribution in [0.25, 0.3) is 120 Å². The second-order valence-corrected chi connectivity index (χ2v) is 15.0. The maximum Gasteiger partial charge on any atom is 0.165 e. The molecule has 12 rings (SSSR count). The molecule has 0 amide bonds. The first-order valence-corrected chi connectivity index (χ1v) is 18.9. The largest absolute Gasteiger partial charge is 0.455 e. The van der Waals surface area contributed by atoms with Gasteiger partial charge >= 0.3 is 0 Å². The molecule has 3 aromatic heterocycles. The van der Waals surface area contributed by atoms with Gasteiger partial charge in [0.05, 0.1) is 4.70 Å². The zero-order chi connectivity index (χ0) is 35.3. The highest BCUT2D eigenvalue weighted by Crippen LogP contribution is 2.46. The van der Waals surface area contributed by atoms with Crippen molar-refractivity contribution in [2.24, 2.45) is 0 Å². The maximum atomic E-state index is 6.58. The molecule has 0 unspecified atom stereocenters. The van der Waals surface area contributed by atoms with Crippen LogP contribution >= 0.6 is 11.3 Å². The number of furan rings is 1. The summed E-state index contributed by atoms with van der Waals surface area (Å²) in [6.45, 7) is 0. The van der Waals surface area contributed by atoms with Gasteiger partial charge in [-0.25, -0.2) is 15.0 Å². The molecule has 0 atom stereocenters. The average molecular weight is 706 g/mol. The van der Waals surface area contributed by atoms with Crippen LogP contribution in [0, 0.1) is 0 Å². The van der Waals surface area contributed by atoms with Crippen molar-refractivity contribution in [3.05, 3.63) is 164 Å². The van der Waals surface area contributed by atoms with Gasteiger partial charge in [-0.2, -0.15) is 0 Å². The average Bonchev–Trinajstić information content (AvgIpc) is 3.81. The molecule has 0 aliphatic heterocycles. The second kappa shape index (κ2) is 11.3. The molecule has 0 saturated carbocycles. The Morgan fingerprint density at radius 2 is 1.00 bits per heavy atom. The van der Waals surface area contributed by atoms with Crippen molar-refractivity contribution in [1.82, 2.24) is 15.0 Å². The van der Waals surface area contributed by atoms with Crippen LogP contribution in [0.5, 0.6) is 0 Å². The molecule has 3 heterocycles. The molecule has 0 saturated heterocycles. The fourth-order valence-electron chi connectivity index (χ4n) is 8.33. The highest BCUT2D eigenvalue weighted by molar-refractivity contribution is 7.26. The van der Waals surface area contributed by atoms with E-state index in [1.54, 1.807) is 11.3 Å². The van der Waals surface area contributed by atoms with Crippen LogP contribution < -0.4 is 0 Å². The number of rotatable bonds is 4. The third-order valence-corrected chi connectivity index (χ3v) is 12.0. The molecule has 0 spiro atoms. The molecule has 12 aromatic rings. The highest BCUT2D eigenvalue weighted by Gasteiger charge is 2.22. The summed E-state index contributed by atoms with van der Waals surface area (Å²) in [5.74, 6) is 1.90. The molecule has 5 heteroatoms. The van der Waals surface area contributed by atoms with E-state index < -0.39 is 0 Å². The first-order valence-electron chi connectivity index (χ1n) is 18.1. The Kier molecular flexibility index (Phi) is 6.18. The van der Waals surface area contributed by atoms with Crippen molar-refractivity contribution in [2.75, 3.05) is 0 Å². The van der Waals surface area contributed by atoms with E-state index in [4.69, 9.17) is 19.4 Å². The molecule has 250 valence electrons. The first kappa shape index (κ1) is 29.6. The first-order chi connectivity index (χ1) is 26.7. The smallest absolute Gasteiger partial charge is 0.165 e. The topological polar surface area (TPSA) is 51.8 Å². The summed E-state index contributed by atoms with van der Waals surface area (Å²) in [5.41, 5.74) is 6.87. The molecule has 9 aromatic carbocycles. The van der Waals surface area contributed by atoms with E-state index >= 15 is 0 Å². The Bertz CT molecular complexity index is 3390. The van der Waals surface area contributed by atoms with Crippen molar-refractivity contribution < 1.29 is 4.42 Å². The van der Waals surface area contributed by atoms with Crippen molar-refractivity contribution in [1.29, 1.82) is 0 Å². The third kappa shape index (κ3) is 4.39. The number of hydrogen-bond donors (Lipinski definition) is 0. The van der Waals surface area contributed by atoms with Gasteiger partial charge in [0, 0.05) is 42.9 Å². The van der Waals surface area contributed by atoms with Gasteiger partial charge in [-0.15, -0.1) is 11.3 Å². The van der Waals surface area contributed by atoms with Crippen LogP contribution in [0.4, 0.5) is 0 Å². The summed E-state index contributed by atoms with van der Waals surface area (Å²) in [7, 11) is 0. The Hall–Kier alpha value is -6.95. The lowest BCUT2D eigenvalue weighted by molar-refractivity contribution is 0.673. The molecule has 4 nitrogen and oxygen atoms in total. The van der Waals surface area contributed by atoms with Crippen LogP contribution in [0.3, 0.4) is 0 Å². The van der Waals surface area contributed by atoms with Gasteiger partial charge in [0.25, 0.3) is 0 Å². The molecule has 0 aliphatic rings. The summed E-state index contributed by atoms with van der Waals surface area (Å²) >= 11 is 1.75. The lowest BCUT2D eigenvalue weighted by Gasteiger charge is -2.13. The minimum Gasteiger partial charge on any atom is -0.455 e. The lowest BCUT2D eigenvalue weighted by atomic mass is 9.91. The van der Waals surface area contributed by atoms with E-state index in [0.717, 1.165) is 59.8 Å². The molecule has 0 N–H and O–H groups in total. The fourth-order valence-corrected chi connectivity index (χ4v) is 9.54. The van der Waals surface area contributed by atoms with Gasteiger partial charge in [-0.3, -0.25) is 0 Å². The molecule has 0 aliphatic carbocycles. The lowest BCUT2D eigenvalue weighted by Crippen LogP contribution is -2.00. The third-order valence-electron chi connectivity index (χ3n) is 10.8. The summed E-state index contributed by atoms with van der Waals surface area (Å²) in [4.78, 5) is 15.6. The number of benzene rings is 9. The summed E-state index contributed by atoms with van der Waals surface area (Å²) in [6.07, 6.45) is 0. The number of para-hydroxylation sites is 1. The number of nitrogens with zero attached hydrogens (tertiary/aromatic N) is 3. The van der Waals surface area contributed by atoms with Crippen molar-refractivity contribution in [2.45, 2.75) is 0 Å². The fraction of sp³-hybridized carbons (Fsp3) is 0. The zero-order valence-electron chi connectivity index (χ0n) is 28.7. The van der Waals surface area contributed by atoms with E-state index in [9.17, 15) is 0 Å². The maximum absolute atomic E-state index is 6.58. The molecular formula is C49H27N3OS. The predicted molar refractivity (Wildman–Crippen MR) is 225 cm³/mol. The van der Waals surface area contributed by atoms with E-state index in [1.807, 2.05) is 30.3 Å². The number of fused-ring (bicyclic) bond motifs is 7. The Morgan fingerprint density at radius 1 is 0.389 bits per heavy atom. The van der Waals surface area contributed by atoms with E-state index in [-0.39, 0.29) is 0 Å². The Labute approximate surface area is 313 Å². The van der Waals surface area contributed by atoms with Gasteiger partial charge in [0.15, 0.2) is 17.5 Å². The summed E-state index contributed by atoms with van der Waals surface area (Å²) < 4.78 is 8.87. The van der Waals surface area contributed by atoms with Gasteiger partial charge < -0.3 is 4.42 Å². The van der Waals surface area contributed by atoms with Crippen LogP contribution in [-0.2, 0) is 0 Å². The van der Waals surface area contributed by atoms with Crippen LogP contribution in [0.1, 0.15) is 0 Å². The van der Waals surface area contributed by atoms with Gasteiger partial charge in [-0.05, 0) is 79.8 Å². The van der Waals surface area contributed by atoms with Gasteiger partial charge in [0.2, 0.25) is 0 Å². The van der Waals surface area contributed by atoms with E-state index in [0.29, 0.717) is 17.5 Å². The normalized spacial score (nSPS) is 12.1. The van der Waals surface area contributed by atoms with Crippen LogP contribution in [0.2, 0.25) is 0 Å². The molecular weight excluding hydrogens is 679 g/mol. The summed E-state index contributed by atoms with van der Waals surface area (Å²) in [5, 5.41) is 12.0. The van der Waals surface area contributed by atoms with Crippen molar-refractivity contribution >= 4 is 85.8 Å². The molecule has 54 heavy (non-hydrogen) atoms. The molecule has 0 radical (unpaired) electrons. The van der Waals surface area contributed by atoms with E-state index in [1.165, 1.54) is 42.4 Å². The summed E-state index contributed by atoms with van der Waals surface area (Å²) in [6, 6.07) is 57.9. The quantitative estimate of drug-likeness (QED) is 0.171. The number of thiophene rings is 1. The Morgan fingerprint density at radius 3 is 1.81 bits per heavy atom. The predicted octanol–water partition coefficient (Wildman–Crippen LogP) is 13.7. The van der Waals surface area contributed by atoms with E-state index in [2.05, 4.69) is 133 Å². The highest BCUT2D eigenvalue weighted by atomic mass is 32.1. The second-order valence-electron chi connectivity index (χ2n) is 14.0. The standard InChI is InChI=1S/C49H27N3OS/c1-2-10-30(11-3-1)47-50-48(34-15-9-14-31(24-34)35-25-32-22-20-28-12-8-13-29-21-23-33(26-35)43(32)42(28)29)52-49(51-47)39-27-38-36-16-4-6-18-40(36)53-45(38)44-37-17-5-7-19-41(37)54-46(39)44/h1-27H.